The van der Waals surface area contributed by atoms with Crippen LogP contribution in [-0.2, 0) is 4.74 Å². The van der Waals surface area contributed by atoms with Crippen molar-refractivity contribution in [3.63, 3.8) is 0 Å². The molecule has 3 heteroatoms. The number of rotatable bonds is 0. The molecule has 0 fully saturated rings. The Kier molecular flexibility index (Phi) is 2.85. The number of aryl methyl sites for hydroxylation is 1. The topological polar surface area (TPSA) is 43.4 Å². The van der Waals surface area contributed by atoms with Crippen molar-refractivity contribution in [2.45, 2.75) is 6.92 Å². The lowest BCUT2D eigenvalue weighted by molar-refractivity contribution is 0.0444. The van der Waals surface area contributed by atoms with E-state index >= 15 is 0 Å². The highest BCUT2D eigenvalue weighted by Gasteiger charge is 2.29. The minimum absolute atomic E-state index is 0.283. The van der Waals surface area contributed by atoms with Crippen LogP contribution in [0.4, 0.5) is 0 Å². The van der Waals surface area contributed by atoms with Crippen LogP contribution in [0.5, 0.6) is 0 Å². The second kappa shape index (κ2) is 4.67. The molecule has 0 spiro atoms. The fourth-order valence-corrected chi connectivity index (χ4v) is 1.94. The van der Waals surface area contributed by atoms with Crippen molar-refractivity contribution in [1.29, 1.82) is 0 Å². The molecule has 0 saturated carbocycles. The first kappa shape index (κ1) is 12.2. The molecule has 0 bridgehead atoms. The molecule has 0 aromatic heterocycles. The van der Waals surface area contributed by atoms with Crippen molar-refractivity contribution < 1.29 is 14.3 Å². The zero-order chi connectivity index (χ0) is 14.1. The summed E-state index contributed by atoms with van der Waals surface area (Å²) in [6.45, 7) is 2.01. The van der Waals surface area contributed by atoms with E-state index in [1.54, 1.807) is 18.2 Å². The molecule has 1 aliphatic heterocycles. The van der Waals surface area contributed by atoms with Gasteiger partial charge in [0.15, 0.2) is 0 Å². The smallest absolute Gasteiger partial charge is 0.346 e. The molecule has 0 atom stereocenters. The molecule has 0 N–H and O–H groups in total. The SMILES string of the molecule is Cc1ccc(C#Cc2ccc3c(c2)C(=O)OC3=O)cc1. The van der Waals surface area contributed by atoms with Gasteiger partial charge in [-0.1, -0.05) is 29.5 Å². The summed E-state index contributed by atoms with van der Waals surface area (Å²) in [5.41, 5.74) is 3.33. The Hall–Kier alpha value is -2.86. The molecule has 0 aliphatic carbocycles. The first-order valence-corrected chi connectivity index (χ1v) is 6.13. The third kappa shape index (κ3) is 2.19. The van der Waals surface area contributed by atoms with Gasteiger partial charge in [0.1, 0.15) is 0 Å². The molecule has 0 saturated heterocycles. The van der Waals surface area contributed by atoms with E-state index < -0.39 is 11.9 Å². The van der Waals surface area contributed by atoms with Crippen molar-refractivity contribution >= 4 is 11.9 Å². The quantitative estimate of drug-likeness (QED) is 0.416. The highest BCUT2D eigenvalue weighted by molar-refractivity contribution is 6.14. The van der Waals surface area contributed by atoms with Gasteiger partial charge < -0.3 is 4.74 Å². The van der Waals surface area contributed by atoms with Gasteiger partial charge in [0.25, 0.3) is 0 Å². The minimum atomic E-state index is -0.607. The number of carbonyl (C=O) groups is 2. The zero-order valence-electron chi connectivity index (χ0n) is 10.8. The Morgan fingerprint density at radius 1 is 0.800 bits per heavy atom. The molecular weight excluding hydrogens is 252 g/mol. The summed E-state index contributed by atoms with van der Waals surface area (Å²) >= 11 is 0. The maximum Gasteiger partial charge on any atom is 0.346 e. The van der Waals surface area contributed by atoms with Crippen LogP contribution in [0.15, 0.2) is 42.5 Å². The Balaban J connectivity index is 1.94. The third-order valence-corrected chi connectivity index (χ3v) is 3.05. The Bertz CT molecular complexity index is 774. The van der Waals surface area contributed by atoms with Gasteiger partial charge in [0.05, 0.1) is 11.1 Å². The van der Waals surface area contributed by atoms with Crippen LogP contribution in [-0.4, -0.2) is 11.9 Å². The van der Waals surface area contributed by atoms with Crippen LogP contribution >= 0.6 is 0 Å². The van der Waals surface area contributed by atoms with Crippen LogP contribution in [0, 0.1) is 18.8 Å². The van der Waals surface area contributed by atoms with Gasteiger partial charge in [-0.3, -0.25) is 0 Å². The predicted octanol–water partition coefficient (Wildman–Crippen LogP) is 2.71. The second-order valence-corrected chi connectivity index (χ2v) is 4.55. The van der Waals surface area contributed by atoms with Gasteiger partial charge in [-0.25, -0.2) is 9.59 Å². The molecule has 1 aliphatic rings. The monoisotopic (exact) mass is 262 g/mol. The highest BCUT2D eigenvalue weighted by Crippen LogP contribution is 2.20. The van der Waals surface area contributed by atoms with E-state index in [-0.39, 0.29) is 5.56 Å². The Labute approximate surface area is 116 Å². The van der Waals surface area contributed by atoms with Gasteiger partial charge in [-0.2, -0.15) is 0 Å². The average molecular weight is 262 g/mol. The molecule has 0 radical (unpaired) electrons. The van der Waals surface area contributed by atoms with Gasteiger partial charge in [0.2, 0.25) is 0 Å². The van der Waals surface area contributed by atoms with Crippen LogP contribution < -0.4 is 0 Å². The fraction of sp³-hybridized carbons (Fsp3) is 0.0588. The standard InChI is InChI=1S/C17H10O3/c1-11-2-4-12(5-3-11)6-7-13-8-9-14-15(10-13)17(19)20-16(14)18/h2-5,8-10H,1H3. The van der Waals surface area contributed by atoms with Crippen molar-refractivity contribution in [1.82, 2.24) is 0 Å². The maximum atomic E-state index is 11.4. The lowest BCUT2D eigenvalue weighted by atomic mass is 10.1. The second-order valence-electron chi connectivity index (χ2n) is 4.55. The summed E-state index contributed by atoms with van der Waals surface area (Å²) in [4.78, 5) is 22.8. The molecule has 3 nitrogen and oxygen atoms in total. The van der Waals surface area contributed by atoms with Crippen LogP contribution in [0.1, 0.15) is 37.4 Å². The largest absolute Gasteiger partial charge is 0.386 e. The van der Waals surface area contributed by atoms with Crippen molar-refractivity contribution in [2.75, 3.05) is 0 Å². The first-order valence-electron chi connectivity index (χ1n) is 6.13. The van der Waals surface area contributed by atoms with E-state index in [0.29, 0.717) is 11.1 Å². The van der Waals surface area contributed by atoms with Crippen LogP contribution in [0.2, 0.25) is 0 Å². The Morgan fingerprint density at radius 3 is 2.15 bits per heavy atom. The van der Waals surface area contributed by atoms with E-state index in [4.69, 9.17) is 0 Å². The number of carbonyl (C=O) groups excluding carboxylic acids is 2. The zero-order valence-corrected chi connectivity index (χ0v) is 10.8. The van der Waals surface area contributed by atoms with Gasteiger partial charge in [-0.15, -0.1) is 0 Å². The van der Waals surface area contributed by atoms with Gasteiger partial charge in [0, 0.05) is 11.1 Å². The lowest BCUT2D eigenvalue weighted by Crippen LogP contribution is -1.96. The molecule has 2 aromatic carbocycles. The van der Waals surface area contributed by atoms with E-state index in [2.05, 4.69) is 16.6 Å². The molecule has 1 heterocycles. The van der Waals surface area contributed by atoms with Crippen molar-refractivity contribution in [3.05, 3.63) is 70.3 Å². The lowest BCUT2D eigenvalue weighted by Gasteiger charge is -1.94. The predicted molar refractivity (Wildman–Crippen MR) is 73.3 cm³/mol. The summed E-state index contributed by atoms with van der Waals surface area (Å²) < 4.78 is 4.54. The first-order chi connectivity index (χ1) is 9.63. The van der Waals surface area contributed by atoms with Crippen molar-refractivity contribution in [3.8, 4) is 11.8 Å². The maximum absolute atomic E-state index is 11.4. The molecular formula is C17H10O3. The molecule has 2 aromatic rings. The van der Waals surface area contributed by atoms with E-state index in [1.807, 2.05) is 31.2 Å². The number of hydrogen-bond acceptors (Lipinski definition) is 3. The third-order valence-electron chi connectivity index (χ3n) is 3.05. The van der Waals surface area contributed by atoms with E-state index in [9.17, 15) is 9.59 Å². The van der Waals surface area contributed by atoms with Crippen LogP contribution in [0.25, 0.3) is 0 Å². The molecule has 96 valence electrons. The van der Waals surface area contributed by atoms with Gasteiger partial charge >= 0.3 is 11.9 Å². The average Bonchev–Trinajstić information content (AvgIpc) is 2.73. The van der Waals surface area contributed by atoms with E-state index in [0.717, 1.165) is 5.56 Å². The summed E-state index contributed by atoms with van der Waals surface area (Å²) in [5.74, 6) is 4.79. The molecule has 0 amide bonds. The number of fused-ring (bicyclic) bond motifs is 1. The number of hydrogen-bond donors (Lipinski definition) is 0. The summed E-state index contributed by atoms with van der Waals surface area (Å²) in [6.07, 6.45) is 0. The number of ether oxygens (including phenoxy) is 1. The molecule has 3 rings (SSSR count). The summed E-state index contributed by atoms with van der Waals surface area (Å²) in [6, 6.07) is 12.7. The van der Waals surface area contributed by atoms with Crippen molar-refractivity contribution in [2.24, 2.45) is 0 Å². The fourth-order valence-electron chi connectivity index (χ4n) is 1.94. The highest BCUT2D eigenvalue weighted by atomic mass is 16.6. The summed E-state index contributed by atoms with van der Waals surface area (Å²) in [7, 11) is 0. The van der Waals surface area contributed by atoms with E-state index in [1.165, 1.54) is 5.56 Å². The van der Waals surface area contributed by atoms with Gasteiger partial charge in [-0.05, 0) is 37.3 Å². The Morgan fingerprint density at radius 2 is 1.40 bits per heavy atom. The number of benzene rings is 2. The minimum Gasteiger partial charge on any atom is -0.386 e. The molecule has 20 heavy (non-hydrogen) atoms. The molecule has 0 unspecified atom stereocenters. The normalized spacial score (nSPS) is 12.4. The summed E-state index contributed by atoms with van der Waals surface area (Å²) in [5, 5.41) is 0. The number of cyclic esters (lactones) is 2. The number of esters is 2. The van der Waals surface area contributed by atoms with Crippen LogP contribution in [0.3, 0.4) is 0 Å².